The molecular formula is C23H15N3O3S. The first-order valence-electron chi connectivity index (χ1n) is 9.18. The minimum Gasteiger partial charge on any atom is -0.459 e. The largest absolute Gasteiger partial charge is 0.459 e. The summed E-state index contributed by atoms with van der Waals surface area (Å²) in [7, 11) is 0. The number of carbonyl (C=O) groups excluding carboxylic acids is 1. The topological polar surface area (TPSA) is 77.2 Å². The lowest BCUT2D eigenvalue weighted by Gasteiger charge is -2.09. The third kappa shape index (κ3) is 3.54. The van der Waals surface area contributed by atoms with Gasteiger partial charge in [0.05, 0.1) is 11.6 Å². The minimum absolute atomic E-state index is 0.254. The Morgan fingerprint density at radius 2 is 1.80 bits per heavy atom. The lowest BCUT2D eigenvalue weighted by atomic mass is 10.1. The Hall–Kier alpha value is -3.97. The molecule has 5 aromatic rings. The molecule has 0 aliphatic heterocycles. The maximum Gasteiger partial charge on any atom is 0.291 e. The fourth-order valence-electron chi connectivity index (χ4n) is 3.07. The summed E-state index contributed by atoms with van der Waals surface area (Å²) < 4.78 is 11.2. The van der Waals surface area contributed by atoms with E-state index < -0.39 is 0 Å². The van der Waals surface area contributed by atoms with Gasteiger partial charge in [0.25, 0.3) is 5.91 Å². The third-order valence-corrected chi connectivity index (χ3v) is 5.38. The van der Waals surface area contributed by atoms with E-state index in [1.54, 1.807) is 47.7 Å². The van der Waals surface area contributed by atoms with E-state index in [9.17, 15) is 4.79 Å². The summed E-state index contributed by atoms with van der Waals surface area (Å²) in [4.78, 5) is 21.7. The number of nitrogens with zero attached hydrogens (tertiary/aromatic N) is 2. The van der Waals surface area contributed by atoms with Gasteiger partial charge in [0.2, 0.25) is 5.88 Å². The molecule has 0 fully saturated rings. The van der Waals surface area contributed by atoms with Gasteiger partial charge in [0.15, 0.2) is 5.76 Å². The number of benzene rings is 2. The highest BCUT2D eigenvalue weighted by Crippen LogP contribution is 2.38. The van der Waals surface area contributed by atoms with Crippen LogP contribution in [-0.2, 0) is 0 Å². The molecule has 0 saturated heterocycles. The molecule has 0 radical (unpaired) electrons. The Morgan fingerprint density at radius 1 is 0.967 bits per heavy atom. The number of hydrogen-bond donors (Lipinski definition) is 1. The number of rotatable bonds is 5. The van der Waals surface area contributed by atoms with Crippen LogP contribution < -0.4 is 10.1 Å². The fraction of sp³-hybridized carbons (Fsp3) is 0. The van der Waals surface area contributed by atoms with Crippen LogP contribution in [0.3, 0.4) is 0 Å². The van der Waals surface area contributed by atoms with Crippen molar-refractivity contribution in [1.29, 1.82) is 0 Å². The van der Waals surface area contributed by atoms with Crippen LogP contribution in [0.25, 0.3) is 21.3 Å². The molecule has 0 aliphatic carbocycles. The zero-order valence-corrected chi connectivity index (χ0v) is 16.4. The van der Waals surface area contributed by atoms with Crippen LogP contribution in [0.2, 0.25) is 0 Å². The smallest absolute Gasteiger partial charge is 0.291 e. The molecule has 0 atom stereocenters. The molecule has 7 heteroatoms. The second-order valence-electron chi connectivity index (χ2n) is 6.43. The summed E-state index contributed by atoms with van der Waals surface area (Å²) in [6.45, 7) is 0. The first-order chi connectivity index (χ1) is 14.8. The van der Waals surface area contributed by atoms with Crippen molar-refractivity contribution in [3.63, 3.8) is 0 Å². The number of furan rings is 1. The van der Waals surface area contributed by atoms with E-state index in [0.717, 1.165) is 21.3 Å². The summed E-state index contributed by atoms with van der Waals surface area (Å²) in [6.07, 6.45) is 2.96. The molecule has 6 nitrogen and oxygen atoms in total. The Bertz CT molecular complexity index is 1300. The molecule has 0 spiro atoms. The molecule has 30 heavy (non-hydrogen) atoms. The summed E-state index contributed by atoms with van der Waals surface area (Å²) in [5, 5.41) is 5.72. The Labute approximate surface area is 175 Å². The molecule has 146 valence electrons. The summed E-state index contributed by atoms with van der Waals surface area (Å²) >= 11 is 1.55. The molecule has 0 saturated carbocycles. The summed E-state index contributed by atoms with van der Waals surface area (Å²) in [5.74, 6) is 1.05. The van der Waals surface area contributed by atoms with Crippen molar-refractivity contribution < 1.29 is 13.9 Å². The second kappa shape index (κ2) is 7.81. The van der Waals surface area contributed by atoms with E-state index >= 15 is 0 Å². The van der Waals surface area contributed by atoms with Crippen molar-refractivity contribution in [2.24, 2.45) is 0 Å². The summed E-state index contributed by atoms with van der Waals surface area (Å²) in [5.41, 5.74) is 2.75. The average molecular weight is 413 g/mol. The Morgan fingerprint density at radius 3 is 2.57 bits per heavy atom. The molecule has 1 amide bonds. The number of carbonyl (C=O) groups is 1. The second-order valence-corrected chi connectivity index (χ2v) is 7.29. The minimum atomic E-state index is -0.308. The predicted octanol–water partition coefficient (Wildman–Crippen LogP) is 6.00. The van der Waals surface area contributed by atoms with Crippen LogP contribution in [0, 0.1) is 0 Å². The molecule has 0 bridgehead atoms. The lowest BCUT2D eigenvalue weighted by Crippen LogP contribution is -2.10. The normalized spacial score (nSPS) is 10.8. The van der Waals surface area contributed by atoms with Gasteiger partial charge in [-0.25, -0.2) is 9.97 Å². The molecular weight excluding hydrogens is 398 g/mol. The average Bonchev–Trinajstić information content (AvgIpc) is 3.47. The number of amides is 1. The van der Waals surface area contributed by atoms with Gasteiger partial charge in [0.1, 0.15) is 16.9 Å². The van der Waals surface area contributed by atoms with Gasteiger partial charge in [-0.05, 0) is 42.0 Å². The molecule has 2 aromatic carbocycles. The first-order valence-corrected chi connectivity index (χ1v) is 10.1. The van der Waals surface area contributed by atoms with Crippen LogP contribution in [0.15, 0.2) is 89.1 Å². The van der Waals surface area contributed by atoms with Crippen LogP contribution >= 0.6 is 11.3 Å². The van der Waals surface area contributed by atoms with E-state index in [4.69, 9.17) is 9.15 Å². The van der Waals surface area contributed by atoms with Gasteiger partial charge < -0.3 is 14.5 Å². The molecule has 5 rings (SSSR count). The van der Waals surface area contributed by atoms with Gasteiger partial charge in [-0.1, -0.05) is 30.3 Å². The molecule has 0 aliphatic rings. The highest BCUT2D eigenvalue weighted by Gasteiger charge is 2.15. The van der Waals surface area contributed by atoms with Crippen LogP contribution in [0.5, 0.6) is 11.6 Å². The standard InChI is InChI=1S/C23H15N3O3S/c27-21(19-7-4-12-28-19)26-16-8-10-17(11-9-16)29-22-20-18(15-5-2-1-3-6-15)13-30-23(20)25-14-24-22/h1-14H,(H,26,27). The molecule has 3 heterocycles. The highest BCUT2D eigenvalue weighted by atomic mass is 32.1. The van der Waals surface area contributed by atoms with Crippen molar-refractivity contribution in [3.05, 3.63) is 90.5 Å². The highest BCUT2D eigenvalue weighted by molar-refractivity contribution is 7.17. The van der Waals surface area contributed by atoms with E-state index in [0.29, 0.717) is 17.3 Å². The lowest BCUT2D eigenvalue weighted by molar-refractivity contribution is 0.0996. The van der Waals surface area contributed by atoms with E-state index in [1.165, 1.54) is 12.6 Å². The number of anilines is 1. The number of nitrogens with one attached hydrogen (secondary N) is 1. The third-order valence-electron chi connectivity index (χ3n) is 4.49. The van der Waals surface area contributed by atoms with Gasteiger partial charge in [-0.15, -0.1) is 11.3 Å². The van der Waals surface area contributed by atoms with E-state index in [2.05, 4.69) is 32.8 Å². The van der Waals surface area contributed by atoms with Crippen molar-refractivity contribution in [2.45, 2.75) is 0 Å². The number of aromatic nitrogens is 2. The summed E-state index contributed by atoms with van der Waals surface area (Å²) in [6, 6.07) is 20.4. The van der Waals surface area contributed by atoms with Crippen molar-refractivity contribution in [1.82, 2.24) is 9.97 Å². The predicted molar refractivity (Wildman–Crippen MR) is 116 cm³/mol. The zero-order chi connectivity index (χ0) is 20.3. The van der Waals surface area contributed by atoms with Gasteiger partial charge >= 0.3 is 0 Å². The van der Waals surface area contributed by atoms with Gasteiger partial charge in [-0.3, -0.25) is 4.79 Å². The quantitative estimate of drug-likeness (QED) is 0.383. The maximum atomic E-state index is 12.1. The fourth-order valence-corrected chi connectivity index (χ4v) is 3.98. The number of fused-ring (bicyclic) bond motifs is 1. The SMILES string of the molecule is O=C(Nc1ccc(Oc2ncnc3scc(-c4ccccc4)c23)cc1)c1ccco1. The van der Waals surface area contributed by atoms with E-state index in [1.807, 2.05) is 18.2 Å². The van der Waals surface area contributed by atoms with Crippen LogP contribution in [0.1, 0.15) is 10.6 Å². The molecule has 3 aromatic heterocycles. The Balaban J connectivity index is 1.41. The number of thiophene rings is 1. The van der Waals surface area contributed by atoms with Gasteiger partial charge in [0, 0.05) is 16.6 Å². The van der Waals surface area contributed by atoms with Crippen molar-refractivity contribution in [2.75, 3.05) is 5.32 Å². The number of ether oxygens (including phenoxy) is 1. The Kier molecular flexibility index (Phi) is 4.71. The monoisotopic (exact) mass is 413 g/mol. The van der Waals surface area contributed by atoms with Crippen molar-refractivity contribution in [3.8, 4) is 22.8 Å². The van der Waals surface area contributed by atoms with Crippen molar-refractivity contribution >= 4 is 33.1 Å². The van der Waals surface area contributed by atoms with Crippen LogP contribution in [-0.4, -0.2) is 15.9 Å². The molecule has 1 N–H and O–H groups in total. The van der Waals surface area contributed by atoms with Crippen LogP contribution in [0.4, 0.5) is 5.69 Å². The zero-order valence-electron chi connectivity index (χ0n) is 15.6. The molecule has 0 unspecified atom stereocenters. The van der Waals surface area contributed by atoms with E-state index in [-0.39, 0.29) is 11.7 Å². The van der Waals surface area contributed by atoms with Gasteiger partial charge in [-0.2, -0.15) is 0 Å². The first kappa shape index (κ1) is 18.1. The number of hydrogen-bond acceptors (Lipinski definition) is 6. The maximum absolute atomic E-state index is 12.1.